The monoisotopic (exact) mass is 193 g/mol. The predicted octanol–water partition coefficient (Wildman–Crippen LogP) is -1.51. The standard InChI is InChI=1S/C8H11N5O/c1-2-3-10-8(14)6-13-5-7(4-9)11-12-13/h1,5H,3-4,6,9H2,(H,10,14). The summed E-state index contributed by atoms with van der Waals surface area (Å²) >= 11 is 0. The lowest BCUT2D eigenvalue weighted by Crippen LogP contribution is -2.27. The molecule has 0 radical (unpaired) electrons. The number of hydrogen-bond acceptors (Lipinski definition) is 4. The second-order valence-corrected chi connectivity index (χ2v) is 2.59. The van der Waals surface area contributed by atoms with Crippen molar-refractivity contribution in [3.05, 3.63) is 11.9 Å². The quantitative estimate of drug-likeness (QED) is 0.569. The van der Waals surface area contributed by atoms with E-state index in [2.05, 4.69) is 21.5 Å². The topological polar surface area (TPSA) is 85.8 Å². The van der Waals surface area contributed by atoms with E-state index in [4.69, 9.17) is 12.2 Å². The molecule has 74 valence electrons. The van der Waals surface area contributed by atoms with Crippen molar-refractivity contribution in [2.24, 2.45) is 5.73 Å². The highest BCUT2D eigenvalue weighted by Crippen LogP contribution is 1.90. The van der Waals surface area contributed by atoms with Gasteiger partial charge in [-0.25, -0.2) is 4.68 Å². The smallest absolute Gasteiger partial charge is 0.242 e. The van der Waals surface area contributed by atoms with Crippen molar-refractivity contribution >= 4 is 5.91 Å². The van der Waals surface area contributed by atoms with E-state index in [-0.39, 0.29) is 19.0 Å². The molecule has 0 unspecified atom stereocenters. The fraction of sp³-hybridized carbons (Fsp3) is 0.375. The highest BCUT2D eigenvalue weighted by atomic mass is 16.2. The number of nitrogens with zero attached hydrogens (tertiary/aromatic N) is 3. The molecule has 1 amide bonds. The maximum absolute atomic E-state index is 11.1. The van der Waals surface area contributed by atoms with E-state index in [1.807, 2.05) is 0 Å². The van der Waals surface area contributed by atoms with Gasteiger partial charge in [-0.1, -0.05) is 11.1 Å². The Balaban J connectivity index is 2.44. The Morgan fingerprint density at radius 1 is 1.79 bits per heavy atom. The molecule has 0 aliphatic carbocycles. The van der Waals surface area contributed by atoms with Crippen molar-refractivity contribution < 1.29 is 4.79 Å². The number of nitrogens with two attached hydrogens (primary N) is 1. The molecule has 0 aliphatic heterocycles. The van der Waals surface area contributed by atoms with Crippen LogP contribution in [0.3, 0.4) is 0 Å². The first kappa shape index (κ1) is 10.2. The first-order valence-corrected chi connectivity index (χ1v) is 4.05. The van der Waals surface area contributed by atoms with E-state index in [9.17, 15) is 4.79 Å². The van der Waals surface area contributed by atoms with Gasteiger partial charge in [0.05, 0.1) is 18.4 Å². The van der Waals surface area contributed by atoms with E-state index >= 15 is 0 Å². The Bertz CT molecular complexity index is 351. The predicted molar refractivity (Wildman–Crippen MR) is 49.8 cm³/mol. The number of rotatable bonds is 4. The minimum atomic E-state index is -0.198. The van der Waals surface area contributed by atoms with Gasteiger partial charge in [0.2, 0.25) is 5.91 Å². The van der Waals surface area contributed by atoms with Crippen LogP contribution in [0.1, 0.15) is 5.69 Å². The van der Waals surface area contributed by atoms with Gasteiger partial charge in [0.15, 0.2) is 0 Å². The summed E-state index contributed by atoms with van der Waals surface area (Å²) < 4.78 is 1.41. The molecule has 1 aromatic rings. The van der Waals surface area contributed by atoms with E-state index in [1.54, 1.807) is 6.20 Å². The van der Waals surface area contributed by atoms with Gasteiger partial charge in [0.25, 0.3) is 0 Å². The first-order valence-electron chi connectivity index (χ1n) is 4.05. The lowest BCUT2D eigenvalue weighted by atomic mass is 10.5. The van der Waals surface area contributed by atoms with Crippen molar-refractivity contribution in [3.63, 3.8) is 0 Å². The number of terminal acetylenes is 1. The van der Waals surface area contributed by atoms with Gasteiger partial charge in [-0.3, -0.25) is 4.79 Å². The SMILES string of the molecule is C#CCNC(=O)Cn1cc(CN)nn1. The van der Waals surface area contributed by atoms with Gasteiger partial charge in [0.1, 0.15) is 6.54 Å². The van der Waals surface area contributed by atoms with Crippen molar-refractivity contribution in [1.82, 2.24) is 20.3 Å². The summed E-state index contributed by atoms with van der Waals surface area (Å²) in [7, 11) is 0. The van der Waals surface area contributed by atoms with Crippen molar-refractivity contribution in [1.29, 1.82) is 0 Å². The fourth-order valence-corrected chi connectivity index (χ4v) is 0.862. The minimum absolute atomic E-state index is 0.106. The third-order valence-electron chi connectivity index (χ3n) is 1.49. The van der Waals surface area contributed by atoms with E-state index in [0.29, 0.717) is 12.2 Å². The van der Waals surface area contributed by atoms with Gasteiger partial charge in [-0.05, 0) is 0 Å². The zero-order valence-electron chi connectivity index (χ0n) is 7.60. The second kappa shape index (κ2) is 4.99. The molecule has 0 aromatic carbocycles. The summed E-state index contributed by atoms with van der Waals surface area (Å²) in [5.41, 5.74) is 5.98. The Labute approximate surface area is 81.5 Å². The summed E-state index contributed by atoms with van der Waals surface area (Å²) in [4.78, 5) is 11.1. The van der Waals surface area contributed by atoms with Crippen LogP contribution in [0.4, 0.5) is 0 Å². The van der Waals surface area contributed by atoms with Crippen LogP contribution in [0.25, 0.3) is 0 Å². The molecule has 0 bridgehead atoms. The Morgan fingerprint density at radius 2 is 2.57 bits per heavy atom. The van der Waals surface area contributed by atoms with Crippen molar-refractivity contribution in [3.8, 4) is 12.3 Å². The molecule has 0 fully saturated rings. The summed E-state index contributed by atoms with van der Waals surface area (Å²) in [6.07, 6.45) is 6.60. The molecule has 1 heterocycles. The number of amides is 1. The van der Waals surface area contributed by atoms with E-state index in [1.165, 1.54) is 4.68 Å². The third kappa shape index (κ3) is 2.88. The Kier molecular flexibility index (Phi) is 3.64. The molecule has 6 heteroatoms. The average molecular weight is 193 g/mol. The Hall–Kier alpha value is -1.87. The van der Waals surface area contributed by atoms with Gasteiger partial charge < -0.3 is 11.1 Å². The lowest BCUT2D eigenvalue weighted by Gasteiger charge is -1.99. The van der Waals surface area contributed by atoms with Crippen LogP contribution in [-0.4, -0.2) is 27.4 Å². The molecule has 3 N–H and O–H groups in total. The van der Waals surface area contributed by atoms with E-state index in [0.717, 1.165) is 0 Å². The Morgan fingerprint density at radius 3 is 3.14 bits per heavy atom. The van der Waals surface area contributed by atoms with Crippen LogP contribution >= 0.6 is 0 Å². The normalized spacial score (nSPS) is 9.43. The number of aromatic nitrogens is 3. The first-order chi connectivity index (χ1) is 6.76. The average Bonchev–Trinajstić information content (AvgIpc) is 2.62. The number of carbonyl (C=O) groups excluding carboxylic acids is 1. The van der Waals surface area contributed by atoms with Crippen LogP contribution in [0, 0.1) is 12.3 Å². The highest BCUT2D eigenvalue weighted by molar-refractivity contribution is 5.75. The molecule has 0 saturated carbocycles. The maximum Gasteiger partial charge on any atom is 0.242 e. The molecule has 0 spiro atoms. The summed E-state index contributed by atoms with van der Waals surface area (Å²) in [5.74, 6) is 2.11. The molecular weight excluding hydrogens is 182 g/mol. The van der Waals surface area contributed by atoms with Crippen LogP contribution < -0.4 is 11.1 Å². The number of nitrogens with one attached hydrogen (secondary N) is 1. The second-order valence-electron chi connectivity index (χ2n) is 2.59. The third-order valence-corrected chi connectivity index (χ3v) is 1.49. The summed E-state index contributed by atoms with van der Waals surface area (Å²) in [6, 6.07) is 0. The minimum Gasteiger partial charge on any atom is -0.344 e. The fourth-order valence-electron chi connectivity index (χ4n) is 0.862. The van der Waals surface area contributed by atoms with E-state index < -0.39 is 0 Å². The molecule has 1 aromatic heterocycles. The van der Waals surface area contributed by atoms with Crippen molar-refractivity contribution in [2.75, 3.05) is 6.54 Å². The van der Waals surface area contributed by atoms with Crippen molar-refractivity contribution in [2.45, 2.75) is 13.1 Å². The molecular formula is C8H11N5O. The van der Waals surface area contributed by atoms with Crippen LogP contribution in [0.5, 0.6) is 0 Å². The van der Waals surface area contributed by atoms with Crippen LogP contribution in [-0.2, 0) is 17.9 Å². The summed E-state index contributed by atoms with van der Waals surface area (Å²) in [6.45, 7) is 0.637. The van der Waals surface area contributed by atoms with Gasteiger partial charge in [-0.15, -0.1) is 11.5 Å². The molecule has 0 aliphatic rings. The molecule has 0 atom stereocenters. The highest BCUT2D eigenvalue weighted by Gasteiger charge is 2.03. The summed E-state index contributed by atoms with van der Waals surface area (Å²) in [5, 5.41) is 9.96. The molecule has 6 nitrogen and oxygen atoms in total. The molecule has 0 saturated heterocycles. The van der Waals surface area contributed by atoms with Gasteiger partial charge in [-0.2, -0.15) is 0 Å². The lowest BCUT2D eigenvalue weighted by molar-refractivity contribution is -0.121. The largest absolute Gasteiger partial charge is 0.344 e. The van der Waals surface area contributed by atoms with Crippen LogP contribution in [0.2, 0.25) is 0 Å². The van der Waals surface area contributed by atoms with Gasteiger partial charge in [0, 0.05) is 6.54 Å². The van der Waals surface area contributed by atoms with Gasteiger partial charge >= 0.3 is 0 Å². The maximum atomic E-state index is 11.1. The molecule has 14 heavy (non-hydrogen) atoms. The zero-order valence-corrected chi connectivity index (χ0v) is 7.60. The number of carbonyl (C=O) groups is 1. The molecule has 1 rings (SSSR count). The number of hydrogen-bond donors (Lipinski definition) is 2. The zero-order chi connectivity index (χ0) is 10.4. The van der Waals surface area contributed by atoms with Crippen LogP contribution in [0.15, 0.2) is 6.20 Å².